The highest BCUT2D eigenvalue weighted by Crippen LogP contribution is 2.37. The van der Waals surface area contributed by atoms with Crippen molar-refractivity contribution >= 4 is 17.5 Å². The zero-order valence-corrected chi connectivity index (χ0v) is 17.5. The van der Waals surface area contributed by atoms with E-state index in [2.05, 4.69) is 10.3 Å². The first kappa shape index (κ1) is 22.9. The van der Waals surface area contributed by atoms with E-state index >= 15 is 0 Å². The normalized spacial score (nSPS) is 11.0. The summed E-state index contributed by atoms with van der Waals surface area (Å²) in [6.07, 6.45) is -3.02. The van der Waals surface area contributed by atoms with Crippen molar-refractivity contribution in [1.82, 2.24) is 10.3 Å². The van der Waals surface area contributed by atoms with Gasteiger partial charge in [-0.3, -0.25) is 0 Å². The minimum absolute atomic E-state index is 0.186. The molecule has 0 aliphatic carbocycles. The van der Waals surface area contributed by atoms with Gasteiger partial charge in [0.25, 0.3) is 0 Å². The number of rotatable bonds is 7. The van der Waals surface area contributed by atoms with Crippen LogP contribution in [-0.2, 0) is 12.6 Å². The van der Waals surface area contributed by atoms with E-state index in [9.17, 15) is 18.0 Å². The van der Waals surface area contributed by atoms with Crippen LogP contribution >= 0.6 is 0 Å². The van der Waals surface area contributed by atoms with Gasteiger partial charge < -0.3 is 14.8 Å². The molecular weight excluding hydrogens is 423 g/mol. The van der Waals surface area contributed by atoms with Gasteiger partial charge in [-0.25, -0.2) is 14.7 Å². The Bertz CT molecular complexity index is 1060. The molecule has 0 saturated heterocycles. The van der Waals surface area contributed by atoms with Crippen LogP contribution in [0.15, 0.2) is 66.9 Å². The van der Waals surface area contributed by atoms with Crippen molar-refractivity contribution in [3.8, 4) is 11.5 Å². The number of nitrogens with zero attached hydrogens (tertiary/aromatic N) is 2. The van der Waals surface area contributed by atoms with Crippen LogP contribution in [0.3, 0.4) is 0 Å². The van der Waals surface area contributed by atoms with Crippen LogP contribution < -0.4 is 19.7 Å². The third-order valence-corrected chi connectivity index (χ3v) is 4.66. The van der Waals surface area contributed by atoms with Crippen LogP contribution in [0.4, 0.5) is 29.5 Å². The first-order valence-corrected chi connectivity index (χ1v) is 9.71. The molecule has 0 unspecified atom stereocenters. The van der Waals surface area contributed by atoms with E-state index in [0.717, 1.165) is 16.5 Å². The maximum Gasteiger partial charge on any atom is 0.419 e. The molecule has 0 fully saturated rings. The van der Waals surface area contributed by atoms with Crippen LogP contribution in [0.2, 0.25) is 0 Å². The Morgan fingerprint density at radius 1 is 1.00 bits per heavy atom. The quantitative estimate of drug-likeness (QED) is 0.543. The summed E-state index contributed by atoms with van der Waals surface area (Å²) in [5.41, 5.74) is 0.127. The van der Waals surface area contributed by atoms with Crippen molar-refractivity contribution in [2.45, 2.75) is 12.6 Å². The second-order valence-corrected chi connectivity index (χ2v) is 6.71. The number of pyridine rings is 1. The molecule has 6 nitrogen and oxygen atoms in total. The first-order valence-electron chi connectivity index (χ1n) is 9.71. The fraction of sp³-hybridized carbons (Fsp3) is 0.217. The summed E-state index contributed by atoms with van der Waals surface area (Å²) in [5, 5.41) is 2.68. The highest BCUT2D eigenvalue weighted by molar-refractivity contribution is 5.99. The second kappa shape index (κ2) is 10.0. The molecule has 1 heterocycles. The van der Waals surface area contributed by atoms with Crippen LogP contribution in [-0.4, -0.2) is 31.8 Å². The monoisotopic (exact) mass is 445 g/mol. The summed E-state index contributed by atoms with van der Waals surface area (Å²) in [6.45, 7) is 0.186. The number of hydrogen-bond acceptors (Lipinski definition) is 4. The number of alkyl halides is 3. The van der Waals surface area contributed by atoms with E-state index in [1.54, 1.807) is 42.5 Å². The molecule has 2 aromatic carbocycles. The third-order valence-electron chi connectivity index (χ3n) is 4.66. The number of benzene rings is 2. The highest BCUT2D eigenvalue weighted by Gasteiger charge is 2.37. The van der Waals surface area contributed by atoms with Crippen molar-refractivity contribution in [2.24, 2.45) is 0 Å². The van der Waals surface area contributed by atoms with Gasteiger partial charge in [0, 0.05) is 12.7 Å². The number of amides is 2. The molecule has 2 amide bonds. The van der Waals surface area contributed by atoms with Crippen molar-refractivity contribution in [3.05, 3.63) is 78.0 Å². The molecular formula is C23H22F3N3O3. The number of para-hydroxylation sites is 1. The van der Waals surface area contributed by atoms with Gasteiger partial charge in [-0.1, -0.05) is 24.3 Å². The number of hydrogen-bond donors (Lipinski definition) is 1. The van der Waals surface area contributed by atoms with Gasteiger partial charge in [0.2, 0.25) is 0 Å². The SMILES string of the molecule is COc1ccc(CCNC(=O)N(c2ccccc2)c2ncccc2C(F)(F)F)cc1OC. The standard InChI is InChI=1S/C23H22F3N3O3/c1-31-19-11-10-16(15-20(19)32-2)12-14-28-22(30)29(17-7-4-3-5-8-17)21-18(23(24,25)26)9-6-13-27-21/h3-11,13,15H,12,14H2,1-2H3,(H,28,30). The number of ether oxygens (including phenoxy) is 2. The average molecular weight is 445 g/mol. The van der Waals surface area contributed by atoms with E-state index in [1.165, 1.54) is 26.5 Å². The van der Waals surface area contributed by atoms with Crippen LogP contribution in [0.5, 0.6) is 11.5 Å². The highest BCUT2D eigenvalue weighted by atomic mass is 19.4. The van der Waals surface area contributed by atoms with Crippen molar-refractivity contribution in [2.75, 3.05) is 25.7 Å². The van der Waals surface area contributed by atoms with Crippen LogP contribution in [0.25, 0.3) is 0 Å². The lowest BCUT2D eigenvalue weighted by Gasteiger charge is -2.25. The van der Waals surface area contributed by atoms with Gasteiger partial charge in [0.05, 0.1) is 25.5 Å². The Morgan fingerprint density at radius 2 is 1.72 bits per heavy atom. The number of halogens is 3. The summed E-state index contributed by atoms with van der Waals surface area (Å²) in [5.74, 6) is 0.630. The van der Waals surface area contributed by atoms with Gasteiger partial charge >= 0.3 is 12.2 Å². The number of aromatic nitrogens is 1. The number of methoxy groups -OCH3 is 2. The van der Waals surface area contributed by atoms with Crippen molar-refractivity contribution in [3.63, 3.8) is 0 Å². The van der Waals surface area contributed by atoms with Gasteiger partial charge in [-0.15, -0.1) is 0 Å². The van der Waals surface area contributed by atoms with E-state index in [0.29, 0.717) is 17.9 Å². The van der Waals surface area contributed by atoms with Gasteiger partial charge in [0.1, 0.15) is 0 Å². The second-order valence-electron chi connectivity index (χ2n) is 6.71. The lowest BCUT2D eigenvalue weighted by Crippen LogP contribution is -2.39. The zero-order chi connectivity index (χ0) is 23.1. The third kappa shape index (κ3) is 5.29. The molecule has 3 aromatic rings. The molecule has 0 radical (unpaired) electrons. The maximum atomic E-state index is 13.6. The zero-order valence-electron chi connectivity index (χ0n) is 17.5. The number of carbonyl (C=O) groups excluding carboxylic acids is 1. The van der Waals surface area contributed by atoms with Gasteiger partial charge in [0.15, 0.2) is 17.3 Å². The smallest absolute Gasteiger partial charge is 0.419 e. The summed E-state index contributed by atoms with van der Waals surface area (Å²) in [6, 6.07) is 14.8. The summed E-state index contributed by atoms with van der Waals surface area (Å²) in [4.78, 5) is 17.8. The number of carbonyl (C=O) groups is 1. The largest absolute Gasteiger partial charge is 0.493 e. The Balaban J connectivity index is 1.82. The van der Waals surface area contributed by atoms with E-state index in [4.69, 9.17) is 9.47 Å². The Hall–Kier alpha value is -3.75. The summed E-state index contributed by atoms with van der Waals surface area (Å²) in [7, 11) is 3.05. The van der Waals surface area contributed by atoms with Crippen molar-refractivity contribution < 1.29 is 27.4 Å². The van der Waals surface area contributed by atoms with E-state index < -0.39 is 23.6 Å². The molecule has 1 aromatic heterocycles. The molecule has 3 rings (SSSR count). The predicted octanol–water partition coefficient (Wildman–Crippen LogP) is 5.21. The topological polar surface area (TPSA) is 63.7 Å². The summed E-state index contributed by atoms with van der Waals surface area (Å²) < 4.78 is 51.2. The molecule has 0 aliphatic rings. The van der Waals surface area contributed by atoms with Gasteiger partial charge in [-0.05, 0) is 48.4 Å². The van der Waals surface area contributed by atoms with E-state index in [1.807, 2.05) is 6.07 Å². The van der Waals surface area contributed by atoms with Gasteiger partial charge in [-0.2, -0.15) is 13.2 Å². The van der Waals surface area contributed by atoms with Crippen LogP contribution in [0, 0.1) is 0 Å². The first-order chi connectivity index (χ1) is 15.3. The maximum absolute atomic E-state index is 13.6. The molecule has 0 saturated carbocycles. The van der Waals surface area contributed by atoms with Crippen LogP contribution in [0.1, 0.15) is 11.1 Å². The predicted molar refractivity (Wildman–Crippen MR) is 114 cm³/mol. The Labute approximate surface area is 183 Å². The molecule has 0 spiro atoms. The molecule has 32 heavy (non-hydrogen) atoms. The minimum Gasteiger partial charge on any atom is -0.493 e. The van der Waals surface area contributed by atoms with Crippen molar-refractivity contribution in [1.29, 1.82) is 0 Å². The number of urea groups is 1. The lowest BCUT2D eigenvalue weighted by molar-refractivity contribution is -0.137. The Morgan fingerprint density at radius 3 is 2.38 bits per heavy atom. The lowest BCUT2D eigenvalue weighted by atomic mass is 10.1. The fourth-order valence-electron chi connectivity index (χ4n) is 3.14. The molecule has 1 N–H and O–H groups in total. The van der Waals surface area contributed by atoms with E-state index in [-0.39, 0.29) is 12.2 Å². The molecule has 0 bridgehead atoms. The fourth-order valence-corrected chi connectivity index (χ4v) is 3.14. The molecule has 9 heteroatoms. The summed E-state index contributed by atoms with van der Waals surface area (Å²) >= 11 is 0. The number of nitrogens with one attached hydrogen (secondary N) is 1. The Kier molecular flexibility index (Phi) is 7.19. The molecule has 0 atom stereocenters. The average Bonchev–Trinajstić information content (AvgIpc) is 2.79. The minimum atomic E-state index is -4.67. The molecule has 0 aliphatic heterocycles. The number of anilines is 2. The molecule has 168 valence electrons.